The standard InChI is InChI=1S/C23H33N5O6S/c1-12(2)7-17(21(31)28-19(11-35)23(33)34)26-22(32)18(10-29)27-20(30)15(24)8-13-9-25-16-6-4-3-5-14(13)16/h3-6,9,12,15,17-19,25,29,35H,7-8,10-11,24H2,1-2H3,(H,26,32)(H,27,30)(H,28,31)(H,33,34). The van der Waals surface area contributed by atoms with Crippen molar-refractivity contribution in [3.8, 4) is 0 Å². The molecule has 1 heterocycles. The first kappa shape index (κ1) is 28.1. The maximum atomic E-state index is 12.8. The van der Waals surface area contributed by atoms with Gasteiger partial charge in [-0.25, -0.2) is 4.79 Å². The molecule has 2 aromatic rings. The number of fused-ring (bicyclic) bond motifs is 1. The van der Waals surface area contributed by atoms with Crippen LogP contribution in [0.5, 0.6) is 0 Å². The predicted molar refractivity (Wildman–Crippen MR) is 134 cm³/mol. The number of aliphatic hydroxyl groups is 1. The molecule has 4 atom stereocenters. The lowest BCUT2D eigenvalue weighted by Gasteiger charge is -2.25. The van der Waals surface area contributed by atoms with Crippen molar-refractivity contribution in [2.75, 3.05) is 12.4 Å². The van der Waals surface area contributed by atoms with Crippen LogP contribution in [0, 0.1) is 5.92 Å². The Hall–Kier alpha value is -3.09. The molecule has 0 saturated carbocycles. The number of para-hydroxylation sites is 1. The number of amides is 3. The van der Waals surface area contributed by atoms with Gasteiger partial charge in [0.25, 0.3) is 0 Å². The second-order valence-electron chi connectivity index (χ2n) is 8.69. The molecule has 0 radical (unpaired) electrons. The normalized spacial score (nSPS) is 14.7. The Kier molecular flexibility index (Phi) is 10.6. The van der Waals surface area contributed by atoms with Crippen molar-refractivity contribution in [2.45, 2.75) is 50.9 Å². The van der Waals surface area contributed by atoms with E-state index in [-0.39, 0.29) is 24.5 Å². The summed E-state index contributed by atoms with van der Waals surface area (Å²) in [5.41, 5.74) is 7.79. The highest BCUT2D eigenvalue weighted by molar-refractivity contribution is 7.80. The first-order valence-corrected chi connectivity index (χ1v) is 11.9. The molecule has 192 valence electrons. The number of aliphatic carboxylic acids is 1. The van der Waals surface area contributed by atoms with Gasteiger partial charge in [-0.05, 0) is 30.4 Å². The van der Waals surface area contributed by atoms with Gasteiger partial charge in [-0.3, -0.25) is 14.4 Å². The number of carbonyl (C=O) groups excluding carboxylic acids is 3. The zero-order valence-corrected chi connectivity index (χ0v) is 20.5. The van der Waals surface area contributed by atoms with Gasteiger partial charge in [-0.2, -0.15) is 12.6 Å². The fraction of sp³-hybridized carbons (Fsp3) is 0.478. The van der Waals surface area contributed by atoms with Crippen LogP contribution >= 0.6 is 12.6 Å². The zero-order chi connectivity index (χ0) is 26.1. The lowest BCUT2D eigenvalue weighted by atomic mass is 10.0. The van der Waals surface area contributed by atoms with Crippen LogP contribution in [0.3, 0.4) is 0 Å². The summed E-state index contributed by atoms with van der Waals surface area (Å²) in [6.45, 7) is 2.94. The van der Waals surface area contributed by atoms with E-state index in [1.54, 1.807) is 6.20 Å². The SMILES string of the molecule is CC(C)CC(NC(=O)C(CO)NC(=O)C(N)Cc1c[nH]c2ccccc12)C(=O)NC(CS)C(=O)O. The smallest absolute Gasteiger partial charge is 0.327 e. The maximum absolute atomic E-state index is 12.8. The van der Waals surface area contributed by atoms with Gasteiger partial charge in [-0.15, -0.1) is 0 Å². The monoisotopic (exact) mass is 507 g/mol. The van der Waals surface area contributed by atoms with Crippen LogP contribution in [0.1, 0.15) is 25.8 Å². The van der Waals surface area contributed by atoms with Crippen molar-refractivity contribution in [1.29, 1.82) is 0 Å². The molecule has 0 spiro atoms. The van der Waals surface area contributed by atoms with Crippen molar-refractivity contribution in [3.63, 3.8) is 0 Å². The number of rotatable bonds is 13. The van der Waals surface area contributed by atoms with Crippen LogP contribution in [0.4, 0.5) is 0 Å². The number of aromatic amines is 1. The fourth-order valence-corrected chi connectivity index (χ4v) is 3.78. The van der Waals surface area contributed by atoms with Gasteiger partial charge in [0.2, 0.25) is 17.7 Å². The van der Waals surface area contributed by atoms with Gasteiger partial charge in [0, 0.05) is 22.9 Å². The van der Waals surface area contributed by atoms with E-state index >= 15 is 0 Å². The molecule has 0 aliphatic carbocycles. The minimum Gasteiger partial charge on any atom is -0.480 e. The third-order valence-electron chi connectivity index (χ3n) is 5.40. The zero-order valence-electron chi connectivity index (χ0n) is 19.7. The van der Waals surface area contributed by atoms with Crippen LogP contribution in [-0.2, 0) is 25.6 Å². The molecule has 2 rings (SSSR count). The highest BCUT2D eigenvalue weighted by atomic mass is 32.1. The molecular formula is C23H33N5O6S. The van der Waals surface area contributed by atoms with E-state index in [9.17, 15) is 24.3 Å². The number of carboxylic acids is 1. The molecule has 35 heavy (non-hydrogen) atoms. The number of H-pyrrole nitrogens is 1. The molecule has 0 saturated heterocycles. The Bertz CT molecular complexity index is 1040. The lowest BCUT2D eigenvalue weighted by molar-refractivity contribution is -0.141. The van der Waals surface area contributed by atoms with Crippen molar-refractivity contribution < 1.29 is 29.4 Å². The first-order chi connectivity index (χ1) is 16.6. The van der Waals surface area contributed by atoms with E-state index in [0.29, 0.717) is 0 Å². The summed E-state index contributed by atoms with van der Waals surface area (Å²) < 4.78 is 0. The van der Waals surface area contributed by atoms with Crippen molar-refractivity contribution >= 4 is 47.2 Å². The largest absolute Gasteiger partial charge is 0.480 e. The molecule has 0 bridgehead atoms. The molecule has 12 heteroatoms. The Morgan fingerprint density at radius 2 is 1.60 bits per heavy atom. The number of carbonyl (C=O) groups is 4. The van der Waals surface area contributed by atoms with Gasteiger partial charge in [0.05, 0.1) is 12.6 Å². The number of nitrogens with one attached hydrogen (secondary N) is 4. The maximum Gasteiger partial charge on any atom is 0.327 e. The second kappa shape index (κ2) is 13.1. The number of aromatic nitrogens is 1. The molecule has 8 N–H and O–H groups in total. The van der Waals surface area contributed by atoms with E-state index in [1.807, 2.05) is 38.1 Å². The number of benzene rings is 1. The number of nitrogens with two attached hydrogens (primary N) is 1. The summed E-state index contributed by atoms with van der Waals surface area (Å²) in [6, 6.07) is 2.91. The van der Waals surface area contributed by atoms with Crippen LogP contribution in [-0.4, -0.2) is 75.4 Å². The summed E-state index contributed by atoms with van der Waals surface area (Å²) in [5.74, 6) is -3.54. The molecular weight excluding hydrogens is 474 g/mol. The molecule has 0 aliphatic heterocycles. The van der Waals surface area contributed by atoms with Gasteiger partial charge in [0.15, 0.2) is 0 Å². The van der Waals surface area contributed by atoms with E-state index < -0.39 is 54.5 Å². The van der Waals surface area contributed by atoms with Crippen molar-refractivity contribution in [3.05, 3.63) is 36.0 Å². The van der Waals surface area contributed by atoms with Crippen molar-refractivity contribution in [1.82, 2.24) is 20.9 Å². The minimum atomic E-state index is -1.35. The number of aliphatic hydroxyl groups excluding tert-OH is 1. The third kappa shape index (κ3) is 7.98. The molecule has 1 aromatic heterocycles. The summed E-state index contributed by atoms with van der Waals surface area (Å²) in [5, 5.41) is 27.0. The Morgan fingerprint density at radius 3 is 2.20 bits per heavy atom. The summed E-state index contributed by atoms with van der Waals surface area (Å²) in [4.78, 5) is 52.3. The fourth-order valence-electron chi connectivity index (χ4n) is 3.54. The number of thiol groups is 1. The van der Waals surface area contributed by atoms with Gasteiger partial charge in [0.1, 0.15) is 18.1 Å². The molecule has 4 unspecified atom stereocenters. The molecule has 11 nitrogen and oxygen atoms in total. The van der Waals surface area contributed by atoms with E-state index in [2.05, 4.69) is 33.6 Å². The number of hydrogen-bond acceptors (Lipinski definition) is 7. The first-order valence-electron chi connectivity index (χ1n) is 11.2. The van der Waals surface area contributed by atoms with Crippen LogP contribution in [0.25, 0.3) is 10.9 Å². The van der Waals surface area contributed by atoms with Crippen LogP contribution in [0.15, 0.2) is 30.5 Å². The summed E-state index contributed by atoms with van der Waals surface area (Å²) >= 11 is 3.92. The Labute approximate surface area is 208 Å². The van der Waals surface area contributed by atoms with Crippen LogP contribution in [0.2, 0.25) is 0 Å². The van der Waals surface area contributed by atoms with E-state index in [1.165, 1.54) is 0 Å². The molecule has 0 aliphatic rings. The minimum absolute atomic E-state index is 0.0166. The quantitative estimate of drug-likeness (QED) is 0.169. The summed E-state index contributed by atoms with van der Waals surface area (Å²) in [7, 11) is 0. The Balaban J connectivity index is 2.03. The van der Waals surface area contributed by atoms with E-state index in [4.69, 9.17) is 10.8 Å². The van der Waals surface area contributed by atoms with Gasteiger partial charge in [-0.1, -0.05) is 32.0 Å². The second-order valence-corrected chi connectivity index (χ2v) is 9.05. The average Bonchev–Trinajstić information content (AvgIpc) is 3.22. The lowest BCUT2D eigenvalue weighted by Crippen LogP contribution is -2.58. The van der Waals surface area contributed by atoms with Crippen LogP contribution < -0.4 is 21.7 Å². The predicted octanol–water partition coefficient (Wildman–Crippen LogP) is -0.455. The third-order valence-corrected chi connectivity index (χ3v) is 5.77. The van der Waals surface area contributed by atoms with E-state index in [0.717, 1.165) is 16.5 Å². The summed E-state index contributed by atoms with van der Waals surface area (Å²) in [6.07, 6.45) is 2.18. The number of hydrogen-bond donors (Lipinski definition) is 8. The van der Waals surface area contributed by atoms with Crippen molar-refractivity contribution in [2.24, 2.45) is 11.7 Å². The van der Waals surface area contributed by atoms with Gasteiger partial charge >= 0.3 is 5.97 Å². The highest BCUT2D eigenvalue weighted by Gasteiger charge is 2.30. The molecule has 0 fully saturated rings. The average molecular weight is 508 g/mol. The highest BCUT2D eigenvalue weighted by Crippen LogP contribution is 2.18. The van der Waals surface area contributed by atoms with Gasteiger partial charge < -0.3 is 36.9 Å². The Morgan fingerprint density at radius 1 is 1.00 bits per heavy atom. The molecule has 3 amide bonds. The number of carboxylic acid groups (broad SMARTS) is 1. The molecule has 1 aromatic carbocycles. The topological polar surface area (TPSA) is 187 Å².